The fraction of sp³-hybridized carbons (Fsp3) is 0. The minimum Gasteiger partial charge on any atom is -0.476 e. The van der Waals surface area contributed by atoms with Crippen molar-refractivity contribution in [3.8, 4) is 0 Å². The van der Waals surface area contributed by atoms with E-state index >= 15 is 0 Å². The lowest BCUT2D eigenvalue weighted by Gasteiger charge is -2.06. The molecule has 0 aliphatic heterocycles. The molecule has 1 unspecified atom stereocenters. The third kappa shape index (κ3) is 2.69. The fourth-order valence-electron chi connectivity index (χ4n) is 1.56. The van der Waals surface area contributed by atoms with Crippen molar-refractivity contribution in [2.24, 2.45) is 10.9 Å². The first-order valence-corrected chi connectivity index (χ1v) is 9.84. The molecule has 0 aromatic carbocycles. The van der Waals surface area contributed by atoms with Crippen molar-refractivity contribution in [3.05, 3.63) is 29.9 Å². The summed E-state index contributed by atoms with van der Waals surface area (Å²) < 4.78 is 1.71. The summed E-state index contributed by atoms with van der Waals surface area (Å²) in [7, 11) is 0. The smallest absolute Gasteiger partial charge is 0.355 e. The van der Waals surface area contributed by atoms with Crippen molar-refractivity contribution in [2.45, 2.75) is 0 Å². The number of aromatic carboxylic acids is 1. The van der Waals surface area contributed by atoms with Gasteiger partial charge < -0.3 is 10.8 Å². The van der Waals surface area contributed by atoms with Crippen LogP contribution in [0.5, 0.6) is 0 Å². The molecule has 0 amide bonds. The molecular weight excluding hydrogens is 400 g/mol. The van der Waals surface area contributed by atoms with Crippen molar-refractivity contribution >= 4 is 62.1 Å². The van der Waals surface area contributed by atoms with Crippen molar-refractivity contribution in [1.82, 2.24) is 14.5 Å². The number of pyridine rings is 1. The number of aromatic nitrogens is 3. The van der Waals surface area contributed by atoms with Crippen LogP contribution in [0, 0.1) is 0 Å². The fourth-order valence-corrected chi connectivity index (χ4v) is 3.40. The zero-order valence-electron chi connectivity index (χ0n) is 9.37. The van der Waals surface area contributed by atoms with Gasteiger partial charge >= 0.3 is 5.97 Å². The number of nitrogens with two attached hydrogens (primary N) is 2. The van der Waals surface area contributed by atoms with E-state index in [1.54, 1.807) is 10.5 Å². The minimum atomic E-state index is -1.11. The van der Waals surface area contributed by atoms with Crippen LogP contribution in [0.15, 0.2) is 18.5 Å². The van der Waals surface area contributed by atoms with Crippen LogP contribution in [-0.4, -0.2) is 25.6 Å². The average Bonchev–Trinajstić information content (AvgIpc) is 2.82. The molecule has 2 rings (SSSR count). The summed E-state index contributed by atoms with van der Waals surface area (Å²) in [5.41, 5.74) is 6.53. The molecule has 0 radical (unpaired) electrons. The second-order valence-corrected chi connectivity index (χ2v) is 6.10. The summed E-state index contributed by atoms with van der Waals surface area (Å²) in [5, 5.41) is 19.4. The van der Waals surface area contributed by atoms with E-state index in [0.717, 1.165) is 11.9 Å². The van der Waals surface area contributed by atoms with Gasteiger partial charge in [0, 0.05) is 6.20 Å². The Morgan fingerprint density at radius 1 is 1.63 bits per heavy atom. The number of halogens is 1. The Morgan fingerprint density at radius 2 is 2.37 bits per heavy atom. The number of carboxylic acids is 1. The van der Waals surface area contributed by atoms with Crippen LogP contribution >= 0.6 is 40.4 Å². The van der Waals surface area contributed by atoms with Gasteiger partial charge in [0.25, 0.3) is 0 Å². The molecule has 1 atom stereocenters. The molecule has 5 N–H and O–H groups in total. The van der Waals surface area contributed by atoms with E-state index in [4.69, 9.17) is 10.9 Å². The van der Waals surface area contributed by atoms with Crippen LogP contribution in [0.2, 0.25) is 0 Å². The first-order valence-electron chi connectivity index (χ1n) is 4.90. The van der Waals surface area contributed by atoms with Crippen LogP contribution in [-0.2, 0) is 0 Å². The molecule has 2 aromatic heterocycles. The van der Waals surface area contributed by atoms with Gasteiger partial charge in [-0.1, -0.05) is 0 Å². The average molecular weight is 409 g/mol. The lowest BCUT2D eigenvalue weighted by Crippen LogP contribution is -2.04. The predicted molar refractivity (Wildman–Crippen MR) is 86.2 cm³/mol. The van der Waals surface area contributed by atoms with Crippen LogP contribution in [0.25, 0.3) is 15.8 Å². The summed E-state index contributed by atoms with van der Waals surface area (Å²) in [6.45, 7) is 0. The second-order valence-electron chi connectivity index (χ2n) is 3.38. The van der Waals surface area contributed by atoms with E-state index in [1.165, 1.54) is 12.4 Å². The van der Waals surface area contributed by atoms with Gasteiger partial charge in [-0.25, -0.2) is 14.2 Å². The quantitative estimate of drug-likeness (QED) is 0.400. The highest BCUT2D eigenvalue weighted by atomic mass is 127. The van der Waals surface area contributed by atoms with E-state index in [2.05, 4.69) is 32.1 Å². The normalized spacial score (nSPS) is 12.6. The van der Waals surface area contributed by atoms with Crippen molar-refractivity contribution in [2.75, 3.05) is 0 Å². The molecule has 10 heteroatoms. The molecule has 0 spiro atoms. The number of hydrogen-bond acceptors (Lipinski definition) is 6. The van der Waals surface area contributed by atoms with Gasteiger partial charge in [-0.3, -0.25) is 5.14 Å². The number of rotatable bonds is 4. The molecular formula is C9H9IN5O2PS. The van der Waals surface area contributed by atoms with Crippen molar-refractivity contribution < 1.29 is 9.90 Å². The number of carboxylic acid groups (broad SMARTS) is 1. The monoisotopic (exact) mass is 409 g/mol. The molecule has 0 fully saturated rings. The molecule has 2 heterocycles. The Morgan fingerprint density at radius 3 is 2.89 bits per heavy atom. The van der Waals surface area contributed by atoms with E-state index in [-0.39, 0.29) is 5.69 Å². The van der Waals surface area contributed by atoms with Crippen molar-refractivity contribution in [3.63, 3.8) is 0 Å². The molecule has 0 saturated carbocycles. The Balaban J connectivity index is 2.78. The minimum absolute atomic E-state index is 0.0539. The van der Waals surface area contributed by atoms with Gasteiger partial charge in [-0.05, 0) is 40.1 Å². The maximum atomic E-state index is 11.3. The highest BCUT2D eigenvalue weighted by Crippen LogP contribution is 2.32. The van der Waals surface area contributed by atoms with Gasteiger partial charge in [0.2, 0.25) is 0 Å². The lowest BCUT2D eigenvalue weighted by atomic mass is 10.2. The highest BCUT2D eigenvalue weighted by Gasteiger charge is 2.17. The van der Waals surface area contributed by atoms with E-state index in [0.29, 0.717) is 27.9 Å². The van der Waals surface area contributed by atoms with E-state index in [9.17, 15) is 9.90 Å². The molecule has 19 heavy (non-hydrogen) atoms. The summed E-state index contributed by atoms with van der Waals surface area (Å²) in [6.07, 6.45) is 3.16. The standard InChI is InChI=1S/C9H9IN5O2PS/c10-18-15-6-1-5(7(2-11)19-12)14-8(9(16)17)4(6)3-13-15/h1-3,18H,11-12H2,(H,16,17)/b7-2-. The van der Waals surface area contributed by atoms with Crippen LogP contribution < -0.4 is 10.9 Å². The zero-order chi connectivity index (χ0) is 14.0. The Labute approximate surface area is 127 Å². The summed E-state index contributed by atoms with van der Waals surface area (Å²) in [4.78, 5) is 15.9. The number of carbonyl (C=O) groups is 1. The van der Waals surface area contributed by atoms with Gasteiger partial charge in [0.1, 0.15) is 0 Å². The van der Waals surface area contributed by atoms with E-state index in [1.807, 2.05) is 0 Å². The van der Waals surface area contributed by atoms with Gasteiger partial charge in [-0.15, -0.1) is 0 Å². The third-order valence-corrected chi connectivity index (χ3v) is 4.87. The third-order valence-electron chi connectivity index (χ3n) is 2.38. The SMILES string of the molecule is N/C=C(\SN)c1cc2c(cnn2PI)c(C(=O)O)n1. The molecule has 2 aromatic rings. The maximum absolute atomic E-state index is 11.3. The van der Waals surface area contributed by atoms with Gasteiger partial charge in [-0.2, -0.15) is 5.10 Å². The zero-order valence-corrected chi connectivity index (χ0v) is 13.3. The number of hydrogen-bond donors (Lipinski definition) is 3. The molecule has 7 nitrogen and oxygen atoms in total. The van der Waals surface area contributed by atoms with Crippen LogP contribution in [0.3, 0.4) is 0 Å². The molecule has 100 valence electrons. The van der Waals surface area contributed by atoms with Gasteiger partial charge in [0.15, 0.2) is 5.69 Å². The molecule has 0 aliphatic rings. The largest absolute Gasteiger partial charge is 0.476 e. The van der Waals surface area contributed by atoms with E-state index < -0.39 is 5.97 Å². The first kappa shape index (κ1) is 14.5. The molecule has 0 bridgehead atoms. The highest BCUT2D eigenvalue weighted by molar-refractivity contribution is 14.2. The summed E-state index contributed by atoms with van der Waals surface area (Å²) >= 11 is 3.09. The summed E-state index contributed by atoms with van der Waals surface area (Å²) in [6, 6.07) is 1.74. The van der Waals surface area contributed by atoms with Crippen LogP contribution in [0.4, 0.5) is 0 Å². The van der Waals surface area contributed by atoms with Gasteiger partial charge in [0.05, 0.1) is 34.1 Å². The molecule has 0 aliphatic carbocycles. The Bertz CT molecular complexity index is 674. The van der Waals surface area contributed by atoms with Crippen LogP contribution in [0.1, 0.15) is 16.2 Å². The first-order chi connectivity index (χ1) is 9.12. The Hall–Kier alpha value is -0.900. The summed E-state index contributed by atoms with van der Waals surface area (Å²) in [5.74, 6) is -1.11. The molecule has 0 saturated heterocycles. The number of nitrogens with zero attached hydrogens (tertiary/aromatic N) is 3. The second kappa shape index (κ2) is 6.04. The number of fused-ring (bicyclic) bond motifs is 1. The van der Waals surface area contributed by atoms with Crippen molar-refractivity contribution in [1.29, 1.82) is 0 Å². The predicted octanol–water partition coefficient (Wildman–Crippen LogP) is 1.79. The Kier molecular flexibility index (Phi) is 4.61. The maximum Gasteiger partial charge on any atom is 0.355 e. The lowest BCUT2D eigenvalue weighted by molar-refractivity contribution is 0.0693. The topological polar surface area (TPSA) is 120 Å².